The number of likely N-dealkylation sites (tertiary alicyclic amines) is 1. The number of anilines is 1. The van der Waals surface area contributed by atoms with Crippen LogP contribution in [0.1, 0.15) is 36.5 Å². The quantitative estimate of drug-likeness (QED) is 0.425. The number of benzene rings is 3. The summed E-state index contributed by atoms with van der Waals surface area (Å²) in [5.74, 6) is 0.202. The van der Waals surface area contributed by atoms with E-state index in [1.807, 2.05) is 36.4 Å². The van der Waals surface area contributed by atoms with Crippen LogP contribution in [0.15, 0.2) is 66.7 Å². The Balaban J connectivity index is 1.33. The summed E-state index contributed by atoms with van der Waals surface area (Å²) in [5, 5.41) is 20.0. The summed E-state index contributed by atoms with van der Waals surface area (Å²) in [6.45, 7) is 5.99. The fourth-order valence-electron chi connectivity index (χ4n) is 5.75. The number of carboxylic acids is 1. The van der Waals surface area contributed by atoms with Crippen molar-refractivity contribution in [3.8, 4) is 11.5 Å². The van der Waals surface area contributed by atoms with Crippen molar-refractivity contribution in [2.45, 2.75) is 31.7 Å². The van der Waals surface area contributed by atoms with E-state index in [1.165, 1.54) is 5.56 Å². The van der Waals surface area contributed by atoms with Crippen LogP contribution < -0.4 is 9.64 Å². The van der Waals surface area contributed by atoms with E-state index in [1.54, 1.807) is 6.07 Å². The van der Waals surface area contributed by atoms with Gasteiger partial charge < -0.3 is 19.8 Å². The minimum Gasteiger partial charge on any atom is -0.508 e. The first-order chi connectivity index (χ1) is 17.8. The maximum absolute atomic E-state index is 11.2. The second-order valence-corrected chi connectivity index (χ2v) is 10.6. The molecule has 2 N–H and O–H groups in total. The number of aromatic hydroxyl groups is 1. The molecule has 1 fully saturated rings. The summed E-state index contributed by atoms with van der Waals surface area (Å²) in [4.78, 5) is 15.8. The lowest BCUT2D eigenvalue weighted by atomic mass is 9.76. The molecular weight excluding hydrogens is 488 g/mol. The van der Waals surface area contributed by atoms with Crippen LogP contribution >= 0.6 is 11.6 Å². The van der Waals surface area contributed by atoms with Crippen LogP contribution in [0.25, 0.3) is 0 Å². The molecule has 7 heteroatoms. The Hall–Kier alpha value is -3.22. The number of fused-ring (bicyclic) bond motifs is 1. The van der Waals surface area contributed by atoms with Crippen LogP contribution in [-0.4, -0.2) is 53.9 Å². The second-order valence-electron chi connectivity index (χ2n) is 10.1. The molecule has 3 aromatic rings. The smallest absolute Gasteiger partial charge is 0.306 e. The van der Waals surface area contributed by atoms with Crippen molar-refractivity contribution in [3.05, 3.63) is 88.4 Å². The van der Waals surface area contributed by atoms with E-state index in [4.69, 9.17) is 16.3 Å². The van der Waals surface area contributed by atoms with Crippen LogP contribution in [-0.2, 0) is 16.8 Å². The average Bonchev–Trinajstić information content (AvgIpc) is 2.90. The Morgan fingerprint density at radius 3 is 2.41 bits per heavy atom. The molecule has 3 aromatic carbocycles. The highest BCUT2D eigenvalue weighted by atomic mass is 35.5. The Morgan fingerprint density at radius 1 is 1.03 bits per heavy atom. The molecule has 2 aliphatic heterocycles. The molecule has 0 amide bonds. The topological polar surface area (TPSA) is 73.2 Å². The maximum atomic E-state index is 11.2. The number of piperidine rings is 1. The Kier molecular flexibility index (Phi) is 7.31. The third-order valence-electron chi connectivity index (χ3n) is 7.93. The molecule has 0 radical (unpaired) electrons. The summed E-state index contributed by atoms with van der Waals surface area (Å²) < 4.78 is 6.05. The molecule has 2 aliphatic rings. The highest BCUT2D eigenvalue weighted by molar-refractivity contribution is 6.30. The lowest BCUT2D eigenvalue weighted by molar-refractivity contribution is -0.143. The van der Waals surface area contributed by atoms with Crippen LogP contribution in [0.4, 0.5) is 5.69 Å². The van der Waals surface area contributed by atoms with E-state index >= 15 is 0 Å². The average molecular weight is 521 g/mol. The number of halogens is 1. The predicted octanol–water partition coefficient (Wildman–Crippen LogP) is 5.55. The molecule has 0 aliphatic carbocycles. The Labute approximate surface area is 223 Å². The number of carboxylic acid groups (broad SMARTS) is 1. The molecular formula is C30H33ClN2O4. The van der Waals surface area contributed by atoms with Crippen molar-refractivity contribution in [2.75, 3.05) is 37.7 Å². The first kappa shape index (κ1) is 25.4. The van der Waals surface area contributed by atoms with Gasteiger partial charge in [-0.1, -0.05) is 29.8 Å². The summed E-state index contributed by atoms with van der Waals surface area (Å²) in [6.07, 6.45) is 2.24. The van der Waals surface area contributed by atoms with Crippen molar-refractivity contribution in [3.63, 3.8) is 0 Å². The molecule has 1 atom stereocenters. The zero-order valence-corrected chi connectivity index (χ0v) is 21.8. The highest BCUT2D eigenvalue weighted by Crippen LogP contribution is 2.44. The van der Waals surface area contributed by atoms with Crippen LogP contribution in [0, 0.1) is 5.92 Å². The predicted molar refractivity (Wildman–Crippen MR) is 146 cm³/mol. The van der Waals surface area contributed by atoms with Gasteiger partial charge in [0.25, 0.3) is 0 Å². The molecule has 2 heterocycles. The molecule has 1 unspecified atom stereocenters. The molecule has 5 rings (SSSR count). The minimum atomic E-state index is -0.684. The van der Waals surface area contributed by atoms with Gasteiger partial charge in [-0.25, -0.2) is 0 Å². The number of phenolic OH excluding ortho intramolecular Hbond substituents is 1. The molecule has 0 bridgehead atoms. The van der Waals surface area contributed by atoms with Gasteiger partial charge in [0.2, 0.25) is 0 Å². The van der Waals surface area contributed by atoms with Crippen molar-refractivity contribution in [1.82, 2.24) is 4.90 Å². The van der Waals surface area contributed by atoms with E-state index in [0.29, 0.717) is 24.5 Å². The molecule has 1 saturated heterocycles. The minimum absolute atomic E-state index is 0.215. The van der Waals surface area contributed by atoms with Gasteiger partial charge in [0.05, 0.1) is 11.5 Å². The van der Waals surface area contributed by atoms with Gasteiger partial charge >= 0.3 is 5.97 Å². The summed E-state index contributed by atoms with van der Waals surface area (Å²) in [6, 6.07) is 21.9. The van der Waals surface area contributed by atoms with E-state index in [0.717, 1.165) is 55.2 Å². The zero-order chi connectivity index (χ0) is 26.0. The van der Waals surface area contributed by atoms with E-state index in [2.05, 4.69) is 41.0 Å². The Bertz CT molecular complexity index is 1240. The first-order valence-corrected chi connectivity index (χ1v) is 13.3. The lowest BCUT2D eigenvalue weighted by Crippen LogP contribution is -2.49. The fraction of sp³-hybridized carbons (Fsp3) is 0.367. The van der Waals surface area contributed by atoms with Crippen molar-refractivity contribution in [1.29, 1.82) is 0 Å². The van der Waals surface area contributed by atoms with Crippen LogP contribution in [0.3, 0.4) is 0 Å². The molecule has 37 heavy (non-hydrogen) atoms. The summed E-state index contributed by atoms with van der Waals surface area (Å²) in [7, 11) is 0. The number of rotatable bonds is 7. The van der Waals surface area contributed by atoms with Crippen molar-refractivity contribution < 1.29 is 19.7 Å². The third kappa shape index (κ3) is 5.27. The number of hydrogen-bond donors (Lipinski definition) is 2. The van der Waals surface area contributed by atoms with Crippen LogP contribution in [0.5, 0.6) is 11.5 Å². The molecule has 0 spiro atoms. The van der Waals surface area contributed by atoms with Gasteiger partial charge in [0.15, 0.2) is 0 Å². The molecule has 0 saturated carbocycles. The van der Waals surface area contributed by atoms with E-state index in [-0.39, 0.29) is 11.7 Å². The number of aliphatic carboxylic acids is 1. The summed E-state index contributed by atoms with van der Waals surface area (Å²) in [5.41, 5.74) is 4.11. The first-order valence-electron chi connectivity index (χ1n) is 12.9. The van der Waals surface area contributed by atoms with Gasteiger partial charge in [0.1, 0.15) is 18.1 Å². The summed E-state index contributed by atoms with van der Waals surface area (Å²) >= 11 is 6.18. The van der Waals surface area contributed by atoms with Crippen molar-refractivity contribution >= 4 is 23.3 Å². The largest absolute Gasteiger partial charge is 0.508 e. The standard InChI is InChI=1S/C30H33ClN2O4/c1-30(23-2-9-27(10-3-23)37-19-18-32-15-12-21(13-16-32)29(35)36)28-11-8-26(34)20-22(28)14-17-33(30)25-6-4-24(31)5-7-25/h2-11,20-21,34H,12-19H2,1H3,(H,35,36). The fourth-order valence-corrected chi connectivity index (χ4v) is 5.88. The normalized spacial score (nSPS) is 20.4. The van der Waals surface area contributed by atoms with Gasteiger partial charge in [-0.05, 0) is 104 Å². The third-order valence-corrected chi connectivity index (χ3v) is 8.18. The van der Waals surface area contributed by atoms with Gasteiger partial charge in [-0.2, -0.15) is 0 Å². The van der Waals surface area contributed by atoms with Crippen molar-refractivity contribution in [2.24, 2.45) is 5.92 Å². The molecule has 0 aromatic heterocycles. The highest BCUT2D eigenvalue weighted by Gasteiger charge is 2.40. The number of ether oxygens (including phenoxy) is 1. The molecule has 6 nitrogen and oxygen atoms in total. The second kappa shape index (κ2) is 10.6. The number of carbonyl (C=O) groups is 1. The zero-order valence-electron chi connectivity index (χ0n) is 21.1. The Morgan fingerprint density at radius 2 is 1.73 bits per heavy atom. The van der Waals surface area contributed by atoms with Gasteiger partial charge in [-0.3, -0.25) is 9.69 Å². The lowest BCUT2D eigenvalue weighted by Gasteiger charge is -2.48. The van der Waals surface area contributed by atoms with E-state index in [9.17, 15) is 15.0 Å². The van der Waals surface area contributed by atoms with Crippen LogP contribution in [0.2, 0.25) is 5.02 Å². The molecule has 194 valence electrons. The van der Waals surface area contributed by atoms with Gasteiger partial charge in [0, 0.05) is 23.8 Å². The maximum Gasteiger partial charge on any atom is 0.306 e. The number of phenols is 1. The number of hydrogen-bond acceptors (Lipinski definition) is 5. The number of nitrogens with zero attached hydrogens (tertiary/aromatic N) is 2. The monoisotopic (exact) mass is 520 g/mol. The SMILES string of the molecule is CC1(c2ccc(OCCN3CCC(C(=O)O)CC3)cc2)c2ccc(O)cc2CCN1c1ccc(Cl)cc1. The van der Waals surface area contributed by atoms with Gasteiger partial charge in [-0.15, -0.1) is 0 Å². The van der Waals surface area contributed by atoms with E-state index < -0.39 is 11.5 Å².